The van der Waals surface area contributed by atoms with E-state index >= 15 is 0 Å². The van der Waals surface area contributed by atoms with Gasteiger partial charge in [0.05, 0.1) is 0 Å². The Bertz CT molecular complexity index is 549. The van der Waals surface area contributed by atoms with Crippen LogP contribution >= 0.6 is 12.2 Å². The van der Waals surface area contributed by atoms with Crippen LogP contribution in [0.5, 0.6) is 0 Å². The van der Waals surface area contributed by atoms with Crippen LogP contribution in [0.25, 0.3) is 0 Å². The minimum Gasteiger partial charge on any atom is -0.369 e. The van der Waals surface area contributed by atoms with Gasteiger partial charge in [-0.2, -0.15) is 4.98 Å². The smallest absolute Gasteiger partial charge is 0.224 e. The molecule has 4 nitrogen and oxygen atoms in total. The Kier molecular flexibility index (Phi) is 2.91. The van der Waals surface area contributed by atoms with Crippen molar-refractivity contribution >= 4 is 18.2 Å². The second-order valence-electron chi connectivity index (χ2n) is 3.27. The predicted molar refractivity (Wildman–Crippen MR) is 60.8 cm³/mol. The monoisotopic (exact) mass is 236 g/mol. The first-order valence-corrected chi connectivity index (χ1v) is 5.01. The molecular weight excluding hydrogens is 227 g/mol. The van der Waals surface area contributed by atoms with E-state index in [1.165, 1.54) is 12.1 Å². The van der Waals surface area contributed by atoms with Crippen LogP contribution in [0, 0.1) is 10.6 Å². The number of hydrogen-bond donors (Lipinski definition) is 2. The van der Waals surface area contributed by atoms with Crippen LogP contribution in [0.3, 0.4) is 0 Å². The molecule has 16 heavy (non-hydrogen) atoms. The molecule has 0 aliphatic heterocycles. The van der Waals surface area contributed by atoms with Crippen molar-refractivity contribution in [3.63, 3.8) is 0 Å². The van der Waals surface area contributed by atoms with E-state index in [9.17, 15) is 4.39 Å². The molecule has 0 saturated carbocycles. The van der Waals surface area contributed by atoms with Crippen LogP contribution in [0.2, 0.25) is 0 Å². The number of anilines is 1. The Morgan fingerprint density at radius 3 is 2.56 bits per heavy atom. The van der Waals surface area contributed by atoms with Crippen LogP contribution in [0.4, 0.5) is 10.3 Å². The van der Waals surface area contributed by atoms with E-state index < -0.39 is 0 Å². The molecule has 0 unspecified atom stereocenters. The summed E-state index contributed by atoms with van der Waals surface area (Å²) in [5.41, 5.74) is 6.43. The number of aromatic nitrogens is 3. The van der Waals surface area contributed by atoms with Gasteiger partial charge in [0.15, 0.2) is 0 Å². The maximum Gasteiger partial charge on any atom is 0.224 e. The third-order valence-corrected chi connectivity index (χ3v) is 2.19. The first-order chi connectivity index (χ1) is 7.63. The third kappa shape index (κ3) is 2.60. The van der Waals surface area contributed by atoms with Crippen LogP contribution in [0.15, 0.2) is 24.3 Å². The van der Waals surface area contributed by atoms with Gasteiger partial charge in [-0.25, -0.2) is 9.37 Å². The molecule has 0 fully saturated rings. The molecule has 6 heteroatoms. The minimum absolute atomic E-state index is 0.202. The third-order valence-electron chi connectivity index (χ3n) is 2.00. The van der Waals surface area contributed by atoms with Crippen LogP contribution in [-0.4, -0.2) is 15.0 Å². The van der Waals surface area contributed by atoms with Crippen molar-refractivity contribution < 1.29 is 4.39 Å². The zero-order chi connectivity index (χ0) is 11.5. The molecule has 0 atom stereocenters. The highest BCUT2D eigenvalue weighted by atomic mass is 32.1. The molecule has 0 aliphatic carbocycles. The van der Waals surface area contributed by atoms with Gasteiger partial charge in [0.2, 0.25) is 10.7 Å². The van der Waals surface area contributed by atoms with Crippen molar-refractivity contribution in [3.05, 3.63) is 46.2 Å². The van der Waals surface area contributed by atoms with Gasteiger partial charge < -0.3 is 10.7 Å². The minimum atomic E-state index is -0.265. The van der Waals surface area contributed by atoms with E-state index in [0.29, 0.717) is 12.2 Å². The highest BCUT2D eigenvalue weighted by molar-refractivity contribution is 7.71. The van der Waals surface area contributed by atoms with Crippen LogP contribution in [-0.2, 0) is 6.42 Å². The maximum absolute atomic E-state index is 12.7. The normalized spacial score (nSPS) is 10.3. The second-order valence-corrected chi connectivity index (χ2v) is 3.63. The number of aromatic amines is 1. The standard InChI is InChI=1S/C10H9FN4S/c11-7-3-1-6(2-4-7)5-8-13-9(12)15-10(16)14-8/h1-4H,5H2,(H3,12,13,14,15,16). The van der Waals surface area contributed by atoms with E-state index in [0.717, 1.165) is 5.56 Å². The number of halogens is 1. The lowest BCUT2D eigenvalue weighted by Gasteiger charge is -2.02. The van der Waals surface area contributed by atoms with Gasteiger partial charge in [-0.15, -0.1) is 0 Å². The topological polar surface area (TPSA) is 67.6 Å². The number of rotatable bonds is 2. The summed E-state index contributed by atoms with van der Waals surface area (Å²) in [5, 5.41) is 0. The summed E-state index contributed by atoms with van der Waals surface area (Å²) in [4.78, 5) is 10.6. The van der Waals surface area contributed by atoms with Gasteiger partial charge in [0.25, 0.3) is 0 Å². The van der Waals surface area contributed by atoms with Gasteiger partial charge in [0, 0.05) is 6.42 Å². The quantitative estimate of drug-likeness (QED) is 0.781. The number of nitrogens with zero attached hydrogens (tertiary/aromatic N) is 2. The zero-order valence-corrected chi connectivity index (χ0v) is 9.09. The summed E-state index contributed by atoms with van der Waals surface area (Å²) in [7, 11) is 0. The SMILES string of the molecule is Nc1nc(=S)nc(Cc2ccc(F)cc2)[nH]1. The second kappa shape index (κ2) is 4.36. The first-order valence-electron chi connectivity index (χ1n) is 4.60. The average molecular weight is 236 g/mol. The number of nitrogens with two attached hydrogens (primary N) is 1. The van der Waals surface area contributed by atoms with Crippen molar-refractivity contribution in [1.29, 1.82) is 0 Å². The van der Waals surface area contributed by atoms with Crippen molar-refractivity contribution in [2.45, 2.75) is 6.42 Å². The van der Waals surface area contributed by atoms with Crippen molar-refractivity contribution in [2.24, 2.45) is 0 Å². The van der Waals surface area contributed by atoms with Crippen molar-refractivity contribution in [3.8, 4) is 0 Å². The molecule has 82 valence electrons. The molecule has 0 amide bonds. The lowest BCUT2D eigenvalue weighted by atomic mass is 10.1. The van der Waals surface area contributed by atoms with Gasteiger partial charge in [-0.1, -0.05) is 12.1 Å². The average Bonchev–Trinajstić information content (AvgIpc) is 2.20. The van der Waals surface area contributed by atoms with Gasteiger partial charge >= 0.3 is 0 Å². The number of benzene rings is 1. The van der Waals surface area contributed by atoms with E-state index in [2.05, 4.69) is 15.0 Å². The molecular formula is C10H9FN4S. The zero-order valence-electron chi connectivity index (χ0n) is 8.27. The first kappa shape index (κ1) is 10.7. The summed E-state index contributed by atoms with van der Waals surface area (Å²) in [5.74, 6) is 0.583. The lowest BCUT2D eigenvalue weighted by molar-refractivity contribution is 0.627. The summed E-state index contributed by atoms with van der Waals surface area (Å²) in [6, 6.07) is 6.16. The summed E-state index contributed by atoms with van der Waals surface area (Å²) >= 11 is 4.84. The van der Waals surface area contributed by atoms with Crippen molar-refractivity contribution in [2.75, 3.05) is 5.73 Å². The van der Waals surface area contributed by atoms with E-state index in [1.54, 1.807) is 12.1 Å². The fourth-order valence-electron chi connectivity index (χ4n) is 1.33. The molecule has 0 spiro atoms. The Morgan fingerprint density at radius 1 is 1.25 bits per heavy atom. The van der Waals surface area contributed by atoms with E-state index in [4.69, 9.17) is 18.0 Å². The van der Waals surface area contributed by atoms with Gasteiger partial charge in [0.1, 0.15) is 11.6 Å². The summed E-state index contributed by atoms with van der Waals surface area (Å²) in [6.45, 7) is 0. The Balaban J connectivity index is 2.26. The van der Waals surface area contributed by atoms with Gasteiger partial charge in [-0.05, 0) is 29.9 Å². The number of H-pyrrole nitrogens is 1. The predicted octanol–water partition coefficient (Wildman–Crippen LogP) is 1.85. The van der Waals surface area contributed by atoms with E-state index in [1.807, 2.05) is 0 Å². The largest absolute Gasteiger partial charge is 0.369 e. The number of hydrogen-bond acceptors (Lipinski definition) is 4. The maximum atomic E-state index is 12.7. The molecule has 2 aromatic rings. The molecule has 0 radical (unpaired) electrons. The molecule has 0 aliphatic rings. The van der Waals surface area contributed by atoms with E-state index in [-0.39, 0.29) is 16.5 Å². The number of nitrogen functional groups attached to an aromatic ring is 1. The molecule has 1 aromatic heterocycles. The Morgan fingerprint density at radius 2 is 1.94 bits per heavy atom. The lowest BCUT2D eigenvalue weighted by Crippen LogP contribution is -2.03. The van der Waals surface area contributed by atoms with Crippen LogP contribution in [0.1, 0.15) is 11.4 Å². The Labute approximate surface area is 96.4 Å². The molecule has 3 N–H and O–H groups in total. The molecule has 1 aromatic carbocycles. The highest BCUT2D eigenvalue weighted by Crippen LogP contribution is 2.07. The van der Waals surface area contributed by atoms with Gasteiger partial charge in [-0.3, -0.25) is 0 Å². The highest BCUT2D eigenvalue weighted by Gasteiger charge is 2.00. The molecule has 2 rings (SSSR count). The fourth-order valence-corrected chi connectivity index (χ4v) is 1.54. The fraction of sp³-hybridized carbons (Fsp3) is 0.100. The Hall–Kier alpha value is -1.82. The molecule has 1 heterocycles. The summed E-state index contributed by atoms with van der Waals surface area (Å²) < 4.78 is 12.9. The molecule has 0 bridgehead atoms. The number of nitrogens with one attached hydrogen (secondary N) is 1. The van der Waals surface area contributed by atoms with Crippen molar-refractivity contribution in [1.82, 2.24) is 15.0 Å². The van der Waals surface area contributed by atoms with Crippen LogP contribution < -0.4 is 5.73 Å². The summed E-state index contributed by atoms with van der Waals surface area (Å²) in [6.07, 6.45) is 0.511. The molecule has 0 saturated heterocycles.